The minimum absolute atomic E-state index is 0.442. The van der Waals surface area contributed by atoms with Gasteiger partial charge in [-0.05, 0) is 12.1 Å². The monoisotopic (exact) mass is 276 g/mol. The number of nitrogen functional groups attached to an aromatic ring is 1. The maximum Gasteiger partial charge on any atom is 0.129 e. The number of rotatable bonds is 8. The molecule has 0 aliphatic rings. The Morgan fingerprint density at radius 3 is 2.65 bits per heavy atom. The molecule has 0 spiro atoms. The summed E-state index contributed by atoms with van der Waals surface area (Å²) in [6, 6.07) is 9.90. The molecule has 2 rings (SSSR count). The highest BCUT2D eigenvalue weighted by Gasteiger charge is 2.03. The Kier molecular flexibility index (Phi) is 5.73. The number of nitrogens with zero attached hydrogens (tertiary/aromatic N) is 1. The van der Waals surface area contributed by atoms with Crippen LogP contribution in [0.2, 0.25) is 0 Å². The van der Waals surface area contributed by atoms with Gasteiger partial charge in [-0.2, -0.15) is 0 Å². The number of benzene rings is 1. The van der Waals surface area contributed by atoms with E-state index in [4.69, 9.17) is 19.9 Å². The summed E-state index contributed by atoms with van der Waals surface area (Å²) in [6.45, 7) is 2.69. The van der Waals surface area contributed by atoms with Crippen molar-refractivity contribution in [2.45, 2.75) is 6.61 Å². The Morgan fingerprint density at radius 1 is 1.05 bits per heavy atom. The van der Waals surface area contributed by atoms with Crippen LogP contribution in [0, 0.1) is 0 Å². The average Bonchev–Trinajstić information content (AvgIpc) is 2.46. The van der Waals surface area contributed by atoms with Crippen molar-refractivity contribution in [1.82, 2.24) is 4.98 Å². The molecular weight excluding hydrogens is 256 g/mol. The van der Waals surface area contributed by atoms with Crippen LogP contribution in [0.5, 0.6) is 0 Å². The highest BCUT2D eigenvalue weighted by atomic mass is 16.5. The topological polar surface area (TPSA) is 66.6 Å². The van der Waals surface area contributed by atoms with Gasteiger partial charge in [0, 0.05) is 18.1 Å². The number of hydrogen-bond acceptors (Lipinski definition) is 5. The van der Waals surface area contributed by atoms with E-state index in [1.807, 2.05) is 30.3 Å². The normalized spacial score (nSPS) is 11.1. The highest BCUT2D eigenvalue weighted by Crippen LogP contribution is 2.18. The molecule has 0 bridgehead atoms. The molecule has 0 amide bonds. The molecule has 0 saturated heterocycles. The van der Waals surface area contributed by atoms with Crippen LogP contribution in [0.3, 0.4) is 0 Å². The van der Waals surface area contributed by atoms with Gasteiger partial charge < -0.3 is 19.9 Å². The van der Waals surface area contributed by atoms with Crippen molar-refractivity contribution in [1.29, 1.82) is 0 Å². The number of para-hydroxylation sites is 1. The third-order valence-electron chi connectivity index (χ3n) is 2.90. The van der Waals surface area contributed by atoms with Crippen molar-refractivity contribution in [3.63, 3.8) is 0 Å². The second-order valence-electron chi connectivity index (χ2n) is 4.38. The first-order valence-corrected chi connectivity index (χ1v) is 6.60. The van der Waals surface area contributed by atoms with Crippen molar-refractivity contribution >= 4 is 16.7 Å². The van der Waals surface area contributed by atoms with Gasteiger partial charge in [0.05, 0.1) is 38.6 Å². The smallest absolute Gasteiger partial charge is 0.129 e. The van der Waals surface area contributed by atoms with Gasteiger partial charge in [-0.25, -0.2) is 4.98 Å². The SMILES string of the molecule is COCCOCCOCc1cc2ccccc2nc1N. The van der Waals surface area contributed by atoms with Crippen LogP contribution in [0.15, 0.2) is 30.3 Å². The van der Waals surface area contributed by atoms with Gasteiger partial charge in [0.15, 0.2) is 0 Å². The second kappa shape index (κ2) is 7.79. The molecule has 0 aliphatic carbocycles. The summed E-state index contributed by atoms with van der Waals surface area (Å²) >= 11 is 0. The van der Waals surface area contributed by atoms with Crippen LogP contribution >= 0.6 is 0 Å². The number of methoxy groups -OCH3 is 1. The molecule has 108 valence electrons. The summed E-state index contributed by atoms with van der Waals surface area (Å²) < 4.78 is 15.7. The van der Waals surface area contributed by atoms with E-state index in [1.165, 1.54) is 0 Å². The van der Waals surface area contributed by atoms with E-state index in [-0.39, 0.29) is 0 Å². The van der Waals surface area contributed by atoms with E-state index >= 15 is 0 Å². The van der Waals surface area contributed by atoms with E-state index in [0.29, 0.717) is 38.9 Å². The van der Waals surface area contributed by atoms with Crippen molar-refractivity contribution in [3.8, 4) is 0 Å². The summed E-state index contributed by atoms with van der Waals surface area (Å²) in [5.74, 6) is 0.518. The van der Waals surface area contributed by atoms with Crippen molar-refractivity contribution in [2.75, 3.05) is 39.3 Å². The Balaban J connectivity index is 1.82. The Morgan fingerprint density at radius 2 is 1.80 bits per heavy atom. The van der Waals surface area contributed by atoms with E-state index in [9.17, 15) is 0 Å². The first-order valence-electron chi connectivity index (χ1n) is 6.60. The first-order chi connectivity index (χ1) is 9.81. The maximum absolute atomic E-state index is 5.93. The highest BCUT2D eigenvalue weighted by molar-refractivity contribution is 5.81. The molecule has 2 N–H and O–H groups in total. The number of pyridine rings is 1. The molecule has 20 heavy (non-hydrogen) atoms. The fraction of sp³-hybridized carbons (Fsp3) is 0.400. The molecule has 0 aliphatic heterocycles. The van der Waals surface area contributed by atoms with Crippen molar-refractivity contribution < 1.29 is 14.2 Å². The van der Waals surface area contributed by atoms with Crippen molar-refractivity contribution in [2.24, 2.45) is 0 Å². The van der Waals surface area contributed by atoms with Gasteiger partial charge in [0.1, 0.15) is 5.82 Å². The van der Waals surface area contributed by atoms with Crippen LogP contribution in [0.4, 0.5) is 5.82 Å². The zero-order chi connectivity index (χ0) is 14.2. The molecule has 5 nitrogen and oxygen atoms in total. The van der Waals surface area contributed by atoms with Gasteiger partial charge in [-0.1, -0.05) is 18.2 Å². The molecule has 0 saturated carbocycles. The average molecular weight is 276 g/mol. The third-order valence-corrected chi connectivity index (χ3v) is 2.90. The van der Waals surface area contributed by atoms with Crippen LogP contribution in [0.1, 0.15) is 5.56 Å². The Bertz CT molecular complexity index is 546. The number of hydrogen-bond donors (Lipinski definition) is 1. The molecule has 1 aromatic carbocycles. The van der Waals surface area contributed by atoms with Crippen LogP contribution in [-0.2, 0) is 20.8 Å². The molecule has 0 radical (unpaired) electrons. The van der Waals surface area contributed by atoms with Gasteiger partial charge in [-0.15, -0.1) is 0 Å². The number of fused-ring (bicyclic) bond motifs is 1. The van der Waals surface area contributed by atoms with E-state index in [1.54, 1.807) is 7.11 Å². The lowest BCUT2D eigenvalue weighted by molar-refractivity contribution is 0.0200. The van der Waals surface area contributed by atoms with Crippen molar-refractivity contribution in [3.05, 3.63) is 35.9 Å². The zero-order valence-electron chi connectivity index (χ0n) is 11.7. The lowest BCUT2D eigenvalue weighted by Crippen LogP contribution is -2.09. The standard InChI is InChI=1S/C15H20N2O3/c1-18-6-7-19-8-9-20-11-13-10-12-4-2-3-5-14(12)17-15(13)16/h2-5,10H,6-9,11H2,1H3,(H2,16,17). The summed E-state index contributed by atoms with van der Waals surface area (Å²) in [6.07, 6.45) is 0. The lowest BCUT2D eigenvalue weighted by Gasteiger charge is -2.08. The molecule has 5 heteroatoms. The molecule has 0 fully saturated rings. The second-order valence-corrected chi connectivity index (χ2v) is 4.38. The van der Waals surface area contributed by atoms with Crippen LogP contribution in [-0.4, -0.2) is 38.5 Å². The number of anilines is 1. The number of nitrogens with two attached hydrogens (primary N) is 1. The predicted molar refractivity (Wildman–Crippen MR) is 78.5 cm³/mol. The van der Waals surface area contributed by atoms with E-state index < -0.39 is 0 Å². The minimum atomic E-state index is 0.442. The first kappa shape index (κ1) is 14.7. The minimum Gasteiger partial charge on any atom is -0.383 e. The van der Waals surface area contributed by atoms with Gasteiger partial charge in [0.2, 0.25) is 0 Å². The van der Waals surface area contributed by atoms with Crippen LogP contribution < -0.4 is 5.73 Å². The fourth-order valence-electron chi connectivity index (χ4n) is 1.83. The molecule has 1 heterocycles. The van der Waals surface area contributed by atoms with E-state index in [2.05, 4.69) is 4.98 Å². The van der Waals surface area contributed by atoms with E-state index in [0.717, 1.165) is 16.5 Å². The number of ether oxygens (including phenoxy) is 3. The quantitative estimate of drug-likeness (QED) is 0.747. The fourth-order valence-corrected chi connectivity index (χ4v) is 1.83. The lowest BCUT2D eigenvalue weighted by atomic mass is 10.1. The molecule has 1 aromatic heterocycles. The summed E-state index contributed by atoms with van der Waals surface area (Å²) in [5.41, 5.74) is 7.73. The Labute approximate surface area is 118 Å². The molecule has 0 atom stereocenters. The number of aromatic nitrogens is 1. The molecule has 2 aromatic rings. The van der Waals surface area contributed by atoms with Crippen LogP contribution in [0.25, 0.3) is 10.9 Å². The zero-order valence-corrected chi connectivity index (χ0v) is 11.7. The largest absolute Gasteiger partial charge is 0.383 e. The van der Waals surface area contributed by atoms with Gasteiger partial charge >= 0.3 is 0 Å². The maximum atomic E-state index is 5.93. The predicted octanol–water partition coefficient (Wildman–Crippen LogP) is 2.00. The summed E-state index contributed by atoms with van der Waals surface area (Å²) in [7, 11) is 1.65. The molecular formula is C15H20N2O3. The van der Waals surface area contributed by atoms with Gasteiger partial charge in [0.25, 0.3) is 0 Å². The molecule has 0 unspecified atom stereocenters. The third kappa shape index (κ3) is 4.16. The summed E-state index contributed by atoms with van der Waals surface area (Å²) in [4.78, 5) is 4.37. The Hall–Kier alpha value is -1.69. The summed E-state index contributed by atoms with van der Waals surface area (Å²) in [5, 5.41) is 1.07. The van der Waals surface area contributed by atoms with Gasteiger partial charge in [-0.3, -0.25) is 0 Å².